The van der Waals surface area contributed by atoms with Crippen molar-refractivity contribution in [2.24, 2.45) is 0 Å². The molecule has 45 heavy (non-hydrogen) atoms. The zero-order valence-electron chi connectivity index (χ0n) is 24.2. The number of ether oxygens (including phenoxy) is 3. The van der Waals surface area contributed by atoms with Crippen LogP contribution in [0.25, 0.3) is 10.9 Å². The van der Waals surface area contributed by atoms with E-state index in [4.69, 9.17) is 23.3 Å². The van der Waals surface area contributed by atoms with E-state index >= 15 is 0 Å². The van der Waals surface area contributed by atoms with Crippen LogP contribution < -0.4 is 4.52 Å². The monoisotopic (exact) mass is 673 g/mol. The number of phosphoric acid groups is 2. The number of aromatic nitrogens is 1. The highest BCUT2D eigenvalue weighted by Crippen LogP contribution is 2.50. The molecule has 1 unspecified atom stereocenters. The second-order valence-electron chi connectivity index (χ2n) is 10.1. The Hall–Kier alpha value is -2.82. The van der Waals surface area contributed by atoms with Crippen molar-refractivity contribution in [2.45, 2.75) is 56.6 Å². The van der Waals surface area contributed by atoms with Crippen molar-refractivity contribution in [3.05, 3.63) is 71.4 Å². The van der Waals surface area contributed by atoms with E-state index in [1.54, 1.807) is 31.3 Å². The minimum absolute atomic E-state index is 0.0437. The van der Waals surface area contributed by atoms with Crippen molar-refractivity contribution >= 4 is 32.5 Å². The van der Waals surface area contributed by atoms with E-state index in [0.717, 1.165) is 30.7 Å². The van der Waals surface area contributed by atoms with E-state index < -0.39 is 58.2 Å². The topological polar surface area (TPSA) is 230 Å². The number of benzene rings is 2. The summed E-state index contributed by atoms with van der Waals surface area (Å²) in [5.41, 5.74) is 2.50. The Bertz CT molecular complexity index is 1580. The number of aryl methyl sites for hydroxylation is 1. The third-order valence-corrected chi connectivity index (χ3v) is 8.47. The van der Waals surface area contributed by atoms with Crippen LogP contribution in [0, 0.1) is 6.92 Å². The number of rotatable bonds is 13. The van der Waals surface area contributed by atoms with Crippen molar-refractivity contribution in [3.63, 3.8) is 0 Å². The Labute approximate surface area is 257 Å². The van der Waals surface area contributed by atoms with Gasteiger partial charge in [-0.25, -0.2) is 14.0 Å². The molecule has 3 aromatic rings. The van der Waals surface area contributed by atoms with Gasteiger partial charge >= 0.3 is 21.6 Å². The summed E-state index contributed by atoms with van der Waals surface area (Å²) in [5, 5.41) is 20.8. The number of fused-ring (bicyclic) bond motifs is 1. The number of hydrogen-bond acceptors (Lipinski definition) is 13. The molecule has 1 heterocycles. The molecule has 1 aliphatic carbocycles. The van der Waals surface area contributed by atoms with Gasteiger partial charge in [-0.15, -0.1) is 0 Å². The van der Waals surface area contributed by atoms with Crippen molar-refractivity contribution in [2.75, 3.05) is 14.2 Å². The standard InChI is InChI=1S/C27H33NO15P2/c1-15-11-17(14-39-21(29)13-16-6-8-19-18(12-16)5-4-10-28-19)7-9-20(15)41-45(35,36)43-26-23(37-2)22(30)24(40-31)27(25(26)38-3)42-44(32,33)34/h4-12,22-27,30-31H,13-14H2,1-3H3,(H,35,36)(H2,32,33,34)/t22-,23+,24+,25-,26+,27-/m0/s1. The van der Waals surface area contributed by atoms with Crippen LogP contribution in [-0.4, -0.2) is 86.8 Å². The predicted molar refractivity (Wildman–Crippen MR) is 154 cm³/mol. The molecule has 1 fully saturated rings. The Morgan fingerprint density at radius 3 is 2.22 bits per heavy atom. The zero-order valence-corrected chi connectivity index (χ0v) is 26.0. The van der Waals surface area contributed by atoms with Gasteiger partial charge in [-0.1, -0.05) is 18.2 Å². The molecule has 0 amide bonds. The van der Waals surface area contributed by atoms with Crippen LogP contribution in [-0.2, 0) is 55.1 Å². The van der Waals surface area contributed by atoms with Crippen LogP contribution in [0.1, 0.15) is 16.7 Å². The van der Waals surface area contributed by atoms with E-state index in [2.05, 4.69) is 14.4 Å². The predicted octanol–water partition coefficient (Wildman–Crippen LogP) is 2.43. The van der Waals surface area contributed by atoms with Crippen molar-refractivity contribution in [1.82, 2.24) is 4.98 Å². The molecule has 1 aliphatic rings. The Morgan fingerprint density at radius 2 is 1.58 bits per heavy atom. The summed E-state index contributed by atoms with van der Waals surface area (Å²) in [5.74, 6) is -0.547. The molecule has 16 nitrogen and oxygen atoms in total. The lowest BCUT2D eigenvalue weighted by Crippen LogP contribution is -2.66. The molecular formula is C27H33NO15P2. The molecule has 4 rings (SSSR count). The molecule has 0 aliphatic heterocycles. The van der Waals surface area contributed by atoms with Crippen LogP contribution in [0.4, 0.5) is 0 Å². The Morgan fingerprint density at radius 1 is 0.889 bits per heavy atom. The average molecular weight is 674 g/mol. The first-order chi connectivity index (χ1) is 21.2. The normalized spacial score (nSPS) is 25.1. The van der Waals surface area contributed by atoms with Crippen molar-refractivity contribution < 1.29 is 71.6 Å². The van der Waals surface area contributed by atoms with Crippen LogP contribution in [0.5, 0.6) is 5.75 Å². The SMILES string of the molecule is CO[C@@H]1[C@@H](OP(=O)(O)O)[C@H](OO)[C@@H](O)[C@@H](OC)[C@H]1OP(=O)(O)Oc1ccc(COC(=O)Cc2ccc3ncccc3c2)cc1C. The molecule has 246 valence electrons. The summed E-state index contributed by atoms with van der Waals surface area (Å²) in [4.78, 5) is 50.2. The highest BCUT2D eigenvalue weighted by atomic mass is 31.2. The van der Waals surface area contributed by atoms with E-state index in [0.29, 0.717) is 11.1 Å². The number of pyridine rings is 1. The lowest BCUT2D eigenvalue weighted by molar-refractivity contribution is -0.347. The minimum Gasteiger partial charge on any atom is -0.461 e. The molecule has 5 N–H and O–H groups in total. The molecule has 0 spiro atoms. The first kappa shape index (κ1) is 35.0. The highest BCUT2D eigenvalue weighted by Gasteiger charge is 2.57. The maximum atomic E-state index is 13.1. The van der Waals surface area contributed by atoms with Gasteiger partial charge in [0, 0.05) is 25.8 Å². The van der Waals surface area contributed by atoms with E-state index in [1.807, 2.05) is 18.2 Å². The van der Waals surface area contributed by atoms with Gasteiger partial charge in [0.15, 0.2) is 6.10 Å². The molecule has 7 atom stereocenters. The van der Waals surface area contributed by atoms with Gasteiger partial charge in [-0.2, -0.15) is 0 Å². The zero-order chi connectivity index (χ0) is 32.9. The second kappa shape index (κ2) is 14.7. The van der Waals surface area contributed by atoms with Crippen LogP contribution in [0.2, 0.25) is 0 Å². The maximum Gasteiger partial charge on any atom is 0.527 e. The maximum absolute atomic E-state index is 13.1. The summed E-state index contributed by atoms with van der Waals surface area (Å²) >= 11 is 0. The van der Waals surface area contributed by atoms with Gasteiger partial charge in [0.1, 0.15) is 42.9 Å². The fourth-order valence-corrected chi connectivity index (χ4v) is 6.62. The number of hydrogen-bond donors (Lipinski definition) is 5. The number of esters is 1. The van der Waals surface area contributed by atoms with Crippen LogP contribution in [0.15, 0.2) is 54.7 Å². The van der Waals surface area contributed by atoms with Crippen LogP contribution in [0.3, 0.4) is 0 Å². The second-order valence-corrected chi connectivity index (χ2v) is 12.6. The van der Waals surface area contributed by atoms with E-state index in [-0.39, 0.29) is 18.8 Å². The lowest BCUT2D eigenvalue weighted by atomic mass is 9.84. The molecule has 1 aromatic heterocycles. The fourth-order valence-electron chi connectivity index (χ4n) is 5.02. The minimum atomic E-state index is -5.25. The number of aliphatic hydroxyl groups is 1. The third kappa shape index (κ3) is 8.92. The highest BCUT2D eigenvalue weighted by molar-refractivity contribution is 7.47. The summed E-state index contributed by atoms with van der Waals surface area (Å²) in [6, 6.07) is 13.6. The Balaban J connectivity index is 1.42. The first-order valence-electron chi connectivity index (χ1n) is 13.3. The molecule has 18 heteroatoms. The van der Waals surface area contributed by atoms with Gasteiger partial charge in [0.25, 0.3) is 0 Å². The summed E-state index contributed by atoms with van der Waals surface area (Å²) < 4.78 is 55.6. The molecule has 2 aromatic carbocycles. The summed E-state index contributed by atoms with van der Waals surface area (Å²) in [6.45, 7) is 1.49. The van der Waals surface area contributed by atoms with Gasteiger partial charge in [0.05, 0.1) is 11.9 Å². The number of phosphoric ester groups is 2. The van der Waals surface area contributed by atoms with Gasteiger partial charge < -0.3 is 33.6 Å². The first-order valence-corrected chi connectivity index (χ1v) is 16.3. The quantitative estimate of drug-likeness (QED) is 0.0759. The van der Waals surface area contributed by atoms with E-state index in [1.165, 1.54) is 12.1 Å². The number of aliphatic hydroxyl groups excluding tert-OH is 1. The molecule has 0 bridgehead atoms. The smallest absolute Gasteiger partial charge is 0.461 e. The van der Waals surface area contributed by atoms with Gasteiger partial charge in [0.2, 0.25) is 0 Å². The van der Waals surface area contributed by atoms with E-state index in [9.17, 15) is 39.0 Å². The van der Waals surface area contributed by atoms with Crippen molar-refractivity contribution in [3.8, 4) is 5.75 Å². The molecule has 0 radical (unpaired) electrons. The van der Waals surface area contributed by atoms with Gasteiger partial charge in [-0.05, 0) is 53.9 Å². The van der Waals surface area contributed by atoms with Crippen LogP contribution >= 0.6 is 15.6 Å². The number of methoxy groups -OCH3 is 2. The molecule has 0 saturated heterocycles. The number of nitrogens with zero attached hydrogens (tertiary/aromatic N) is 1. The largest absolute Gasteiger partial charge is 0.527 e. The molecular weight excluding hydrogens is 640 g/mol. The number of carbonyl (C=O) groups is 1. The third-order valence-electron chi connectivity index (χ3n) is 7.02. The average Bonchev–Trinajstić information content (AvgIpc) is 2.97. The summed E-state index contributed by atoms with van der Waals surface area (Å²) in [6.07, 6.45) is -8.67. The molecule has 1 saturated carbocycles. The number of carbonyl (C=O) groups excluding carboxylic acids is 1. The lowest BCUT2D eigenvalue weighted by Gasteiger charge is -2.46. The summed E-state index contributed by atoms with van der Waals surface area (Å²) in [7, 11) is -8.14. The Kier molecular flexibility index (Phi) is 11.5. The van der Waals surface area contributed by atoms with Gasteiger partial charge in [-0.3, -0.25) is 29.0 Å². The van der Waals surface area contributed by atoms with Crippen molar-refractivity contribution in [1.29, 1.82) is 0 Å². The fraction of sp³-hybridized carbons (Fsp3) is 0.407.